The van der Waals surface area contributed by atoms with Crippen LogP contribution in [0.1, 0.15) is 30.5 Å². The molecule has 0 bridgehead atoms. The van der Waals surface area contributed by atoms with Gasteiger partial charge in [-0.05, 0) is 31.0 Å². The van der Waals surface area contributed by atoms with E-state index in [1.165, 1.54) is 11.8 Å². The molecule has 1 aliphatic heterocycles. The standard InChI is InChI=1S/C17H17ClN2O3S2/c1-2-3-15-19-11(9-24-15)8-23-16(21)7-14-17(22)20-12-6-10(18)4-5-13(12)25-14/h4-6,9,14H,2-3,7-8H2,1H3,(H,20,22). The number of esters is 1. The molecule has 3 rings (SSSR count). The van der Waals surface area contributed by atoms with Crippen LogP contribution < -0.4 is 5.32 Å². The highest BCUT2D eigenvalue weighted by Crippen LogP contribution is 2.38. The maximum Gasteiger partial charge on any atom is 0.307 e. The van der Waals surface area contributed by atoms with Crippen LogP contribution in [0.2, 0.25) is 5.02 Å². The summed E-state index contributed by atoms with van der Waals surface area (Å²) in [4.78, 5) is 29.5. The minimum Gasteiger partial charge on any atom is -0.459 e. The number of thioether (sulfide) groups is 1. The van der Waals surface area contributed by atoms with Crippen molar-refractivity contribution >= 4 is 52.3 Å². The summed E-state index contributed by atoms with van der Waals surface area (Å²) < 4.78 is 5.27. The first-order valence-corrected chi connectivity index (χ1v) is 10.0. The van der Waals surface area contributed by atoms with Gasteiger partial charge in [0.05, 0.1) is 28.1 Å². The predicted octanol–water partition coefficient (Wildman–Crippen LogP) is 4.30. The molecule has 1 atom stereocenters. The van der Waals surface area contributed by atoms with Gasteiger partial charge in [-0.25, -0.2) is 4.98 Å². The average Bonchev–Trinajstić information content (AvgIpc) is 3.02. The number of nitrogens with zero attached hydrogens (tertiary/aromatic N) is 1. The number of fused-ring (bicyclic) bond motifs is 1. The third-order valence-electron chi connectivity index (χ3n) is 3.56. The molecule has 1 N–H and O–H groups in total. The summed E-state index contributed by atoms with van der Waals surface area (Å²) in [7, 11) is 0. The lowest BCUT2D eigenvalue weighted by molar-refractivity contribution is -0.145. The number of benzene rings is 1. The number of aryl methyl sites for hydroxylation is 1. The van der Waals surface area contributed by atoms with Crippen molar-refractivity contribution in [2.24, 2.45) is 0 Å². The number of thiazole rings is 1. The van der Waals surface area contributed by atoms with Gasteiger partial charge in [-0.2, -0.15) is 0 Å². The minimum atomic E-state index is -0.507. The highest BCUT2D eigenvalue weighted by Gasteiger charge is 2.29. The summed E-state index contributed by atoms with van der Waals surface area (Å²) in [5.41, 5.74) is 1.43. The Morgan fingerprint density at radius 1 is 1.44 bits per heavy atom. The highest BCUT2D eigenvalue weighted by atomic mass is 35.5. The number of ether oxygens (including phenoxy) is 1. The zero-order chi connectivity index (χ0) is 17.8. The predicted molar refractivity (Wildman–Crippen MR) is 100 cm³/mol. The molecule has 1 amide bonds. The number of hydrogen-bond acceptors (Lipinski definition) is 6. The number of halogens is 1. The number of carbonyl (C=O) groups is 2. The Morgan fingerprint density at radius 3 is 3.08 bits per heavy atom. The smallest absolute Gasteiger partial charge is 0.307 e. The van der Waals surface area contributed by atoms with E-state index in [1.54, 1.807) is 23.5 Å². The van der Waals surface area contributed by atoms with Crippen LogP contribution >= 0.6 is 34.7 Å². The number of hydrogen-bond donors (Lipinski definition) is 1. The monoisotopic (exact) mass is 396 g/mol. The molecule has 0 radical (unpaired) electrons. The summed E-state index contributed by atoms with van der Waals surface area (Å²) in [6, 6.07) is 5.30. The lowest BCUT2D eigenvalue weighted by Gasteiger charge is -2.23. The van der Waals surface area contributed by atoms with Gasteiger partial charge in [0.25, 0.3) is 0 Å². The van der Waals surface area contributed by atoms with Crippen LogP contribution in [0.25, 0.3) is 0 Å². The molecule has 25 heavy (non-hydrogen) atoms. The second-order valence-corrected chi connectivity index (χ2v) is 8.21. The summed E-state index contributed by atoms with van der Waals surface area (Å²) in [5, 5.41) is 5.79. The van der Waals surface area contributed by atoms with Crippen LogP contribution in [0.5, 0.6) is 0 Å². The molecule has 132 valence electrons. The first-order chi connectivity index (χ1) is 12.0. The normalized spacial score (nSPS) is 16.2. The van der Waals surface area contributed by atoms with Gasteiger partial charge >= 0.3 is 5.97 Å². The Bertz CT molecular complexity index is 794. The van der Waals surface area contributed by atoms with Gasteiger partial charge in [-0.3, -0.25) is 9.59 Å². The third-order valence-corrected chi connectivity index (χ3v) is 6.03. The van der Waals surface area contributed by atoms with Crippen LogP contribution in [0.3, 0.4) is 0 Å². The van der Waals surface area contributed by atoms with Gasteiger partial charge < -0.3 is 10.1 Å². The van der Waals surface area contributed by atoms with Crippen molar-refractivity contribution in [3.63, 3.8) is 0 Å². The van der Waals surface area contributed by atoms with E-state index in [2.05, 4.69) is 17.2 Å². The van der Waals surface area contributed by atoms with Crippen molar-refractivity contribution in [1.29, 1.82) is 0 Å². The van der Waals surface area contributed by atoms with Crippen LogP contribution in [0.15, 0.2) is 28.5 Å². The Labute approximate surface area is 159 Å². The van der Waals surface area contributed by atoms with E-state index in [1.807, 2.05) is 11.4 Å². The van der Waals surface area contributed by atoms with Crippen molar-refractivity contribution in [3.8, 4) is 0 Å². The van der Waals surface area contributed by atoms with E-state index in [-0.39, 0.29) is 18.9 Å². The zero-order valence-corrected chi connectivity index (χ0v) is 16.0. The van der Waals surface area contributed by atoms with E-state index in [0.717, 1.165) is 28.4 Å². The van der Waals surface area contributed by atoms with E-state index in [0.29, 0.717) is 10.7 Å². The molecule has 1 unspecified atom stereocenters. The Balaban J connectivity index is 1.54. The number of nitrogens with one attached hydrogen (secondary N) is 1. The first-order valence-electron chi connectivity index (χ1n) is 7.91. The second kappa shape index (κ2) is 8.21. The number of rotatable bonds is 6. The van der Waals surface area contributed by atoms with E-state index >= 15 is 0 Å². The maximum absolute atomic E-state index is 12.2. The molecule has 1 aromatic heterocycles. The second-order valence-electron chi connectivity index (χ2n) is 5.58. The molecule has 8 heteroatoms. The van der Waals surface area contributed by atoms with Crippen LogP contribution in [0.4, 0.5) is 5.69 Å². The number of aromatic nitrogens is 1. The molecule has 0 saturated carbocycles. The fourth-order valence-corrected chi connectivity index (χ4v) is 4.50. The lowest BCUT2D eigenvalue weighted by atomic mass is 10.2. The van der Waals surface area contributed by atoms with Gasteiger partial charge in [-0.1, -0.05) is 18.5 Å². The van der Waals surface area contributed by atoms with E-state index < -0.39 is 11.2 Å². The van der Waals surface area contributed by atoms with Gasteiger partial charge in [0, 0.05) is 15.3 Å². The molecule has 1 aromatic carbocycles. The lowest BCUT2D eigenvalue weighted by Crippen LogP contribution is -2.31. The summed E-state index contributed by atoms with van der Waals surface area (Å²) in [6.45, 7) is 2.24. The largest absolute Gasteiger partial charge is 0.459 e. The van der Waals surface area contributed by atoms with Crippen molar-refractivity contribution in [2.75, 3.05) is 5.32 Å². The molecule has 1 aliphatic rings. The molecule has 5 nitrogen and oxygen atoms in total. The Morgan fingerprint density at radius 2 is 2.28 bits per heavy atom. The number of amides is 1. The van der Waals surface area contributed by atoms with E-state index in [9.17, 15) is 9.59 Å². The first kappa shape index (κ1) is 18.2. The van der Waals surface area contributed by atoms with Crippen molar-refractivity contribution < 1.29 is 14.3 Å². The molecule has 0 aliphatic carbocycles. The number of carbonyl (C=O) groups excluding carboxylic acids is 2. The molecule has 2 heterocycles. The fourth-order valence-electron chi connectivity index (χ4n) is 2.37. The zero-order valence-electron chi connectivity index (χ0n) is 13.6. The van der Waals surface area contributed by atoms with Crippen LogP contribution in [-0.2, 0) is 27.4 Å². The quantitative estimate of drug-likeness (QED) is 0.737. The van der Waals surface area contributed by atoms with Crippen LogP contribution in [0, 0.1) is 0 Å². The average molecular weight is 397 g/mol. The topological polar surface area (TPSA) is 68.3 Å². The Kier molecular flexibility index (Phi) is 5.98. The molecule has 0 saturated heterocycles. The highest BCUT2D eigenvalue weighted by molar-refractivity contribution is 8.01. The molecule has 2 aromatic rings. The van der Waals surface area contributed by atoms with Gasteiger partial charge in [0.1, 0.15) is 6.61 Å². The molecular weight excluding hydrogens is 380 g/mol. The van der Waals surface area contributed by atoms with Gasteiger partial charge in [0.15, 0.2) is 0 Å². The minimum absolute atomic E-state index is 0.0184. The summed E-state index contributed by atoms with van der Waals surface area (Å²) in [6.07, 6.45) is 1.99. The van der Waals surface area contributed by atoms with Crippen molar-refractivity contribution in [3.05, 3.63) is 39.3 Å². The molecule has 0 fully saturated rings. The maximum atomic E-state index is 12.2. The SMILES string of the molecule is CCCc1nc(COC(=O)CC2Sc3ccc(Cl)cc3NC2=O)cs1. The van der Waals surface area contributed by atoms with Gasteiger partial charge in [-0.15, -0.1) is 23.1 Å². The molecule has 0 spiro atoms. The molecular formula is C17H17ClN2O3S2. The van der Waals surface area contributed by atoms with Crippen LogP contribution in [-0.4, -0.2) is 22.1 Å². The summed E-state index contributed by atoms with van der Waals surface area (Å²) in [5.74, 6) is -0.620. The van der Waals surface area contributed by atoms with Crippen molar-refractivity contribution in [1.82, 2.24) is 4.98 Å². The summed E-state index contributed by atoms with van der Waals surface area (Å²) >= 11 is 8.85. The Hall–Kier alpha value is -1.57. The van der Waals surface area contributed by atoms with E-state index in [4.69, 9.17) is 16.3 Å². The fraction of sp³-hybridized carbons (Fsp3) is 0.353. The third kappa shape index (κ3) is 4.74. The number of anilines is 1. The van der Waals surface area contributed by atoms with Crippen molar-refractivity contribution in [2.45, 2.75) is 42.9 Å². The van der Waals surface area contributed by atoms with Gasteiger partial charge in [0.2, 0.25) is 5.91 Å².